The van der Waals surface area contributed by atoms with Crippen LogP contribution in [-0.4, -0.2) is 30.8 Å². The lowest BCUT2D eigenvalue weighted by Crippen LogP contribution is -2.33. The standard InChI is InChI=1S/C38H46F4O5/c1-3-5-7-9-10-11-12-14-26-45-34-25-22-31(27-33(34)39)28-16-18-29(19-17-28)36(43)46-32-23-20-30(21-24-32)37(44)47-35(38(40,41)42)15-13-8-6-4-2/h16-25,27,35H,3-15,26H2,1-2H3. The molecule has 0 aliphatic carbocycles. The number of halogens is 4. The zero-order valence-corrected chi connectivity index (χ0v) is 27.4. The molecule has 9 heteroatoms. The summed E-state index contributed by atoms with van der Waals surface area (Å²) in [6, 6.07) is 16.3. The van der Waals surface area contributed by atoms with E-state index in [0.29, 0.717) is 30.6 Å². The number of unbranched alkanes of at least 4 members (excludes halogenated alkanes) is 10. The summed E-state index contributed by atoms with van der Waals surface area (Å²) in [4.78, 5) is 25.1. The lowest BCUT2D eigenvalue weighted by molar-refractivity contribution is -0.206. The van der Waals surface area contributed by atoms with E-state index in [1.165, 1.54) is 62.4 Å². The first-order valence-corrected chi connectivity index (χ1v) is 16.7. The van der Waals surface area contributed by atoms with Crippen LogP contribution in [0.5, 0.6) is 11.5 Å². The van der Waals surface area contributed by atoms with Crippen molar-refractivity contribution in [1.29, 1.82) is 0 Å². The Morgan fingerprint density at radius 3 is 1.79 bits per heavy atom. The molecule has 0 aliphatic heterocycles. The Hall–Kier alpha value is -3.88. The zero-order valence-electron chi connectivity index (χ0n) is 27.4. The Kier molecular flexibility index (Phi) is 15.8. The molecule has 0 N–H and O–H groups in total. The molecule has 0 fully saturated rings. The van der Waals surface area contributed by atoms with Gasteiger partial charge in [0.15, 0.2) is 17.7 Å². The van der Waals surface area contributed by atoms with Gasteiger partial charge in [-0.1, -0.05) is 96.3 Å². The summed E-state index contributed by atoms with van der Waals surface area (Å²) in [5.41, 5.74) is 1.46. The Morgan fingerprint density at radius 1 is 0.660 bits per heavy atom. The molecule has 3 aromatic rings. The summed E-state index contributed by atoms with van der Waals surface area (Å²) in [7, 11) is 0. The number of benzene rings is 3. The van der Waals surface area contributed by atoms with E-state index in [9.17, 15) is 27.2 Å². The Balaban J connectivity index is 1.48. The molecular formula is C38H46F4O5. The Morgan fingerprint density at radius 2 is 1.19 bits per heavy atom. The van der Waals surface area contributed by atoms with Gasteiger partial charge in [0.1, 0.15) is 5.75 Å². The molecule has 0 aromatic heterocycles. The van der Waals surface area contributed by atoms with Crippen LogP contribution in [0, 0.1) is 5.82 Å². The molecule has 0 saturated carbocycles. The number of rotatable bonds is 20. The zero-order chi connectivity index (χ0) is 34.1. The van der Waals surface area contributed by atoms with Crippen LogP contribution < -0.4 is 9.47 Å². The first-order chi connectivity index (χ1) is 22.6. The van der Waals surface area contributed by atoms with Crippen molar-refractivity contribution in [3.63, 3.8) is 0 Å². The predicted molar refractivity (Wildman–Crippen MR) is 175 cm³/mol. The maximum absolute atomic E-state index is 14.7. The third-order valence-corrected chi connectivity index (χ3v) is 7.88. The molecule has 1 unspecified atom stereocenters. The van der Waals surface area contributed by atoms with Gasteiger partial charge in [-0.3, -0.25) is 0 Å². The van der Waals surface area contributed by atoms with E-state index >= 15 is 0 Å². The minimum atomic E-state index is -4.66. The molecule has 0 amide bonds. The van der Waals surface area contributed by atoms with Crippen LogP contribution in [0.2, 0.25) is 0 Å². The third-order valence-electron chi connectivity index (χ3n) is 7.88. The number of carbonyl (C=O) groups is 2. The van der Waals surface area contributed by atoms with Crippen molar-refractivity contribution < 1.29 is 41.4 Å². The van der Waals surface area contributed by atoms with Gasteiger partial charge in [-0.05, 0) is 78.9 Å². The topological polar surface area (TPSA) is 61.8 Å². The molecule has 0 saturated heterocycles. The number of carbonyl (C=O) groups excluding carboxylic acids is 2. The van der Waals surface area contributed by atoms with Crippen molar-refractivity contribution in [2.75, 3.05) is 6.61 Å². The van der Waals surface area contributed by atoms with E-state index < -0.39 is 30.0 Å². The third kappa shape index (κ3) is 13.0. The molecular weight excluding hydrogens is 612 g/mol. The van der Waals surface area contributed by atoms with Gasteiger partial charge in [0.25, 0.3) is 0 Å². The monoisotopic (exact) mass is 658 g/mol. The highest BCUT2D eigenvalue weighted by molar-refractivity contribution is 5.92. The minimum absolute atomic E-state index is 0.0891. The van der Waals surface area contributed by atoms with E-state index in [-0.39, 0.29) is 29.0 Å². The smallest absolute Gasteiger partial charge is 0.425 e. The fraction of sp³-hybridized carbons (Fsp3) is 0.474. The van der Waals surface area contributed by atoms with E-state index in [1.807, 2.05) is 6.92 Å². The fourth-order valence-corrected chi connectivity index (χ4v) is 5.08. The van der Waals surface area contributed by atoms with Crippen LogP contribution in [0.4, 0.5) is 17.6 Å². The highest BCUT2D eigenvalue weighted by Crippen LogP contribution is 2.29. The van der Waals surface area contributed by atoms with Gasteiger partial charge in [-0.2, -0.15) is 13.2 Å². The fourth-order valence-electron chi connectivity index (χ4n) is 5.08. The second-order valence-corrected chi connectivity index (χ2v) is 11.7. The van der Waals surface area contributed by atoms with Crippen molar-refractivity contribution in [3.05, 3.63) is 83.7 Å². The Labute approximate surface area is 275 Å². The summed E-state index contributed by atoms with van der Waals surface area (Å²) in [5, 5.41) is 0. The first kappa shape index (κ1) is 37.6. The SMILES string of the molecule is CCCCCCCCCCOc1ccc(-c2ccc(C(=O)Oc3ccc(C(=O)OC(CCCCCC)C(F)(F)F)cc3)cc2)cc1F. The molecule has 0 spiro atoms. The van der Waals surface area contributed by atoms with Gasteiger partial charge in [0.2, 0.25) is 0 Å². The highest BCUT2D eigenvalue weighted by atomic mass is 19.4. The van der Waals surface area contributed by atoms with Gasteiger partial charge >= 0.3 is 18.1 Å². The quantitative estimate of drug-likeness (QED) is 0.0523. The molecule has 3 rings (SSSR count). The van der Waals surface area contributed by atoms with Gasteiger partial charge in [0.05, 0.1) is 17.7 Å². The first-order valence-electron chi connectivity index (χ1n) is 16.7. The summed E-state index contributed by atoms with van der Waals surface area (Å²) in [5.74, 6) is -1.92. The molecule has 47 heavy (non-hydrogen) atoms. The van der Waals surface area contributed by atoms with Crippen molar-refractivity contribution in [2.24, 2.45) is 0 Å². The maximum Gasteiger partial charge on any atom is 0.425 e. The average Bonchev–Trinajstić information content (AvgIpc) is 3.05. The predicted octanol–water partition coefficient (Wildman–Crippen LogP) is 11.3. The second kappa shape index (κ2) is 19.7. The van der Waals surface area contributed by atoms with E-state index in [1.54, 1.807) is 36.4 Å². The lowest BCUT2D eigenvalue weighted by atomic mass is 10.0. The van der Waals surface area contributed by atoms with Crippen molar-refractivity contribution in [1.82, 2.24) is 0 Å². The number of alkyl halides is 3. The van der Waals surface area contributed by atoms with Crippen LogP contribution in [0.15, 0.2) is 66.7 Å². The number of hydrogen-bond donors (Lipinski definition) is 0. The molecule has 0 aliphatic rings. The molecule has 0 radical (unpaired) electrons. The van der Waals surface area contributed by atoms with Crippen molar-refractivity contribution in [2.45, 2.75) is 110 Å². The van der Waals surface area contributed by atoms with E-state index in [0.717, 1.165) is 32.1 Å². The molecule has 0 heterocycles. The number of esters is 2. The summed E-state index contributed by atoms with van der Waals surface area (Å²) < 4.78 is 70.6. The molecule has 5 nitrogen and oxygen atoms in total. The van der Waals surface area contributed by atoms with E-state index in [4.69, 9.17) is 14.2 Å². The molecule has 3 aromatic carbocycles. The van der Waals surface area contributed by atoms with Crippen molar-refractivity contribution >= 4 is 11.9 Å². The van der Waals surface area contributed by atoms with Gasteiger partial charge in [-0.15, -0.1) is 0 Å². The molecule has 1 atom stereocenters. The van der Waals surface area contributed by atoms with Crippen LogP contribution in [-0.2, 0) is 4.74 Å². The normalized spacial score (nSPS) is 12.0. The average molecular weight is 659 g/mol. The largest absolute Gasteiger partial charge is 0.491 e. The lowest BCUT2D eigenvalue weighted by Gasteiger charge is -2.20. The van der Waals surface area contributed by atoms with Gasteiger partial charge < -0.3 is 14.2 Å². The maximum atomic E-state index is 14.7. The van der Waals surface area contributed by atoms with Crippen molar-refractivity contribution in [3.8, 4) is 22.6 Å². The van der Waals surface area contributed by atoms with Crippen LogP contribution in [0.25, 0.3) is 11.1 Å². The van der Waals surface area contributed by atoms with Gasteiger partial charge in [-0.25, -0.2) is 14.0 Å². The molecule has 256 valence electrons. The summed E-state index contributed by atoms with van der Waals surface area (Å²) in [6.45, 7) is 4.62. The van der Waals surface area contributed by atoms with Crippen LogP contribution >= 0.6 is 0 Å². The minimum Gasteiger partial charge on any atom is -0.491 e. The molecule has 0 bridgehead atoms. The second-order valence-electron chi connectivity index (χ2n) is 11.7. The number of hydrogen-bond acceptors (Lipinski definition) is 5. The summed E-state index contributed by atoms with van der Waals surface area (Å²) in [6.07, 6.45) is 4.89. The Bertz CT molecular complexity index is 1370. The number of ether oxygens (including phenoxy) is 3. The van der Waals surface area contributed by atoms with E-state index in [2.05, 4.69) is 6.92 Å². The van der Waals surface area contributed by atoms with Crippen LogP contribution in [0.3, 0.4) is 0 Å². The highest BCUT2D eigenvalue weighted by Gasteiger charge is 2.42. The summed E-state index contributed by atoms with van der Waals surface area (Å²) >= 11 is 0. The van der Waals surface area contributed by atoms with Crippen LogP contribution in [0.1, 0.15) is 118 Å². The van der Waals surface area contributed by atoms with Gasteiger partial charge in [0, 0.05) is 0 Å².